The number of amides is 3. The Kier molecular flexibility index (Phi) is 5.72. The molecule has 1 aromatic rings. The van der Waals surface area contributed by atoms with Crippen molar-refractivity contribution >= 4 is 34.5 Å². The van der Waals surface area contributed by atoms with E-state index in [1.807, 2.05) is 18.2 Å². The number of ether oxygens (including phenoxy) is 2. The van der Waals surface area contributed by atoms with Crippen LogP contribution in [-0.2, 0) is 14.3 Å². The van der Waals surface area contributed by atoms with Gasteiger partial charge >= 0.3 is 0 Å². The lowest BCUT2D eigenvalue weighted by molar-refractivity contribution is -0.142. The smallest absolute Gasteiger partial charge is 0.281 e. The Bertz CT molecular complexity index is 768. The van der Waals surface area contributed by atoms with Crippen LogP contribution in [0, 0.1) is 0 Å². The molecule has 3 heterocycles. The summed E-state index contributed by atoms with van der Waals surface area (Å²) < 4.78 is 11.2. The summed E-state index contributed by atoms with van der Waals surface area (Å²) in [5.74, 6) is 1.06. The Morgan fingerprint density at radius 2 is 1.93 bits per heavy atom. The van der Waals surface area contributed by atoms with Crippen LogP contribution >= 0.6 is 11.8 Å². The van der Waals surface area contributed by atoms with Gasteiger partial charge in [-0.2, -0.15) is 0 Å². The minimum atomic E-state index is -0.735. The number of carbonyl (C=O) groups is 3. The van der Waals surface area contributed by atoms with Crippen molar-refractivity contribution in [3.8, 4) is 5.75 Å². The number of anilines is 1. The first-order valence-electron chi connectivity index (χ1n) is 9.48. The molecule has 3 aliphatic heterocycles. The lowest BCUT2D eigenvalue weighted by Gasteiger charge is -2.37. The van der Waals surface area contributed by atoms with Crippen LogP contribution < -0.4 is 9.64 Å². The molecule has 28 heavy (non-hydrogen) atoms. The van der Waals surface area contributed by atoms with E-state index in [2.05, 4.69) is 0 Å². The van der Waals surface area contributed by atoms with Gasteiger partial charge < -0.3 is 24.2 Å². The van der Waals surface area contributed by atoms with Crippen LogP contribution in [0.2, 0.25) is 0 Å². The largest absolute Gasteiger partial charge is 0.476 e. The third-order valence-electron chi connectivity index (χ3n) is 5.11. The number of rotatable bonds is 4. The Balaban J connectivity index is 1.47. The number of nitrogens with zero attached hydrogens (tertiary/aromatic N) is 3. The molecule has 0 N–H and O–H groups in total. The number of hydrogen-bond acceptors (Lipinski definition) is 6. The average molecular weight is 405 g/mol. The Hall–Kier alpha value is -2.26. The molecule has 1 atom stereocenters. The summed E-state index contributed by atoms with van der Waals surface area (Å²) in [6, 6.07) is 7.25. The summed E-state index contributed by atoms with van der Waals surface area (Å²) in [5.41, 5.74) is 0.667. The first-order chi connectivity index (χ1) is 13.6. The van der Waals surface area contributed by atoms with Gasteiger partial charge in [-0.3, -0.25) is 14.4 Å². The molecular formula is C19H23N3O5S. The molecule has 2 saturated heterocycles. The number of para-hydroxylation sites is 2. The molecule has 0 bridgehead atoms. The number of morpholine rings is 1. The fourth-order valence-corrected chi connectivity index (χ4v) is 4.43. The highest BCUT2D eigenvalue weighted by molar-refractivity contribution is 8.13. The normalized spacial score (nSPS) is 22.1. The van der Waals surface area contributed by atoms with Crippen LogP contribution in [0.15, 0.2) is 24.3 Å². The van der Waals surface area contributed by atoms with Gasteiger partial charge in [0.2, 0.25) is 5.91 Å². The van der Waals surface area contributed by atoms with Gasteiger partial charge in [-0.05, 0) is 12.1 Å². The molecule has 0 saturated carbocycles. The molecule has 2 fully saturated rings. The molecule has 8 nitrogen and oxygen atoms in total. The molecule has 0 spiro atoms. The van der Waals surface area contributed by atoms with Crippen LogP contribution in [0.1, 0.15) is 6.42 Å². The number of hydrogen-bond donors (Lipinski definition) is 0. The van der Waals surface area contributed by atoms with Gasteiger partial charge in [-0.1, -0.05) is 23.9 Å². The Labute approximate surface area is 167 Å². The molecule has 9 heteroatoms. The highest BCUT2D eigenvalue weighted by atomic mass is 32.2. The quantitative estimate of drug-likeness (QED) is 0.749. The third-order valence-corrected chi connectivity index (χ3v) is 6.01. The van der Waals surface area contributed by atoms with Crippen molar-refractivity contribution in [1.29, 1.82) is 0 Å². The number of thioether (sulfide) groups is 1. The maximum Gasteiger partial charge on any atom is 0.281 e. The summed E-state index contributed by atoms with van der Waals surface area (Å²) >= 11 is 1.28. The second-order valence-corrected chi connectivity index (χ2v) is 7.91. The van der Waals surface area contributed by atoms with Crippen molar-refractivity contribution in [3.63, 3.8) is 0 Å². The number of fused-ring (bicyclic) bond motifs is 1. The average Bonchev–Trinajstić information content (AvgIpc) is 3.16. The van der Waals surface area contributed by atoms with E-state index < -0.39 is 6.10 Å². The second-order valence-electron chi connectivity index (χ2n) is 6.87. The molecular weight excluding hydrogens is 382 g/mol. The predicted molar refractivity (Wildman–Crippen MR) is 105 cm³/mol. The second kappa shape index (κ2) is 8.40. The van der Waals surface area contributed by atoms with Crippen LogP contribution in [0.5, 0.6) is 5.75 Å². The van der Waals surface area contributed by atoms with E-state index in [0.29, 0.717) is 50.8 Å². The van der Waals surface area contributed by atoms with Crippen LogP contribution in [0.25, 0.3) is 0 Å². The zero-order chi connectivity index (χ0) is 19.5. The SMILES string of the molecule is O=C1SCCN1CCC(=O)N1C[C@@H](C(=O)N2CCOCC2)Oc2ccccc21. The molecule has 4 rings (SSSR count). The van der Waals surface area contributed by atoms with E-state index in [1.54, 1.807) is 20.8 Å². The zero-order valence-electron chi connectivity index (χ0n) is 15.5. The minimum absolute atomic E-state index is 0.0237. The van der Waals surface area contributed by atoms with Crippen molar-refractivity contribution in [2.75, 3.05) is 56.6 Å². The predicted octanol–water partition coefficient (Wildman–Crippen LogP) is 1.20. The maximum atomic E-state index is 12.9. The lowest BCUT2D eigenvalue weighted by Crippen LogP contribution is -2.54. The standard InChI is InChI=1S/C19H23N3O5S/c23-17(5-6-21-9-12-28-19(21)25)22-13-16(18(24)20-7-10-26-11-8-20)27-15-4-2-1-3-14(15)22/h1-4,16H,5-13H2/t16-/m0/s1. The Morgan fingerprint density at radius 1 is 1.14 bits per heavy atom. The lowest BCUT2D eigenvalue weighted by atomic mass is 10.1. The summed E-state index contributed by atoms with van der Waals surface area (Å²) in [6.07, 6.45) is -0.514. The molecule has 0 aliphatic carbocycles. The summed E-state index contributed by atoms with van der Waals surface area (Å²) in [7, 11) is 0. The molecule has 0 aromatic heterocycles. The summed E-state index contributed by atoms with van der Waals surface area (Å²) in [6.45, 7) is 3.33. The summed E-state index contributed by atoms with van der Waals surface area (Å²) in [4.78, 5) is 42.7. The zero-order valence-corrected chi connectivity index (χ0v) is 16.4. The van der Waals surface area contributed by atoms with Gasteiger partial charge in [-0.25, -0.2) is 0 Å². The monoisotopic (exact) mass is 405 g/mol. The fourth-order valence-electron chi connectivity index (χ4n) is 3.58. The van der Waals surface area contributed by atoms with E-state index in [4.69, 9.17) is 9.47 Å². The summed E-state index contributed by atoms with van der Waals surface area (Å²) in [5, 5.41) is 0.0237. The van der Waals surface area contributed by atoms with Gasteiger partial charge in [0.15, 0.2) is 6.10 Å². The highest BCUT2D eigenvalue weighted by Crippen LogP contribution is 2.34. The first-order valence-corrected chi connectivity index (χ1v) is 10.5. The van der Waals surface area contributed by atoms with Crippen molar-refractivity contribution < 1.29 is 23.9 Å². The Morgan fingerprint density at radius 3 is 2.68 bits per heavy atom. The third kappa shape index (κ3) is 3.95. The molecule has 0 unspecified atom stereocenters. The van der Waals surface area contributed by atoms with Crippen molar-refractivity contribution in [2.24, 2.45) is 0 Å². The van der Waals surface area contributed by atoms with Crippen LogP contribution in [-0.4, -0.2) is 84.6 Å². The van der Waals surface area contributed by atoms with Crippen LogP contribution in [0.3, 0.4) is 0 Å². The van der Waals surface area contributed by atoms with Gasteiger partial charge in [-0.15, -0.1) is 0 Å². The maximum absolute atomic E-state index is 12.9. The molecule has 0 radical (unpaired) electrons. The van der Waals surface area contributed by atoms with Crippen LogP contribution in [0.4, 0.5) is 10.5 Å². The number of benzene rings is 1. The highest BCUT2D eigenvalue weighted by Gasteiger charge is 2.36. The van der Waals surface area contributed by atoms with E-state index in [0.717, 1.165) is 5.75 Å². The number of carbonyl (C=O) groups excluding carboxylic acids is 3. The van der Waals surface area contributed by atoms with Crippen molar-refractivity contribution in [2.45, 2.75) is 12.5 Å². The van der Waals surface area contributed by atoms with Crippen molar-refractivity contribution in [1.82, 2.24) is 9.80 Å². The van der Waals surface area contributed by atoms with Gasteiger partial charge in [0.05, 0.1) is 25.4 Å². The van der Waals surface area contributed by atoms with E-state index >= 15 is 0 Å². The minimum Gasteiger partial charge on any atom is -0.476 e. The molecule has 3 amide bonds. The molecule has 1 aromatic carbocycles. The van der Waals surface area contributed by atoms with Gasteiger partial charge in [0.1, 0.15) is 5.75 Å². The fraction of sp³-hybridized carbons (Fsp3) is 0.526. The van der Waals surface area contributed by atoms with Gasteiger partial charge in [0.25, 0.3) is 11.1 Å². The van der Waals surface area contributed by atoms with E-state index in [-0.39, 0.29) is 30.0 Å². The van der Waals surface area contributed by atoms with E-state index in [9.17, 15) is 14.4 Å². The van der Waals surface area contributed by atoms with E-state index in [1.165, 1.54) is 11.8 Å². The van der Waals surface area contributed by atoms with Gasteiger partial charge in [0, 0.05) is 38.4 Å². The molecule has 150 valence electrons. The van der Waals surface area contributed by atoms with Crippen molar-refractivity contribution in [3.05, 3.63) is 24.3 Å². The first kappa shape index (κ1) is 19.1. The molecule has 3 aliphatic rings. The topological polar surface area (TPSA) is 79.4 Å².